The van der Waals surface area contributed by atoms with Crippen molar-refractivity contribution in [2.75, 3.05) is 12.4 Å². The number of hydrogen-bond acceptors (Lipinski definition) is 5. The lowest BCUT2D eigenvalue weighted by atomic mass is 10.2. The number of nitrogens with zero attached hydrogens (tertiary/aromatic N) is 2. The average Bonchev–Trinajstić information content (AvgIpc) is 3.27. The van der Waals surface area contributed by atoms with E-state index in [0.717, 1.165) is 26.9 Å². The van der Waals surface area contributed by atoms with Gasteiger partial charge in [0.05, 0.1) is 17.3 Å². The number of carbonyl (C=O) groups is 2. The minimum Gasteiger partial charge on any atom is -0.497 e. The van der Waals surface area contributed by atoms with E-state index < -0.39 is 6.04 Å². The highest BCUT2D eigenvalue weighted by Gasteiger charge is 2.20. The predicted molar refractivity (Wildman–Crippen MR) is 115 cm³/mol. The van der Waals surface area contributed by atoms with Gasteiger partial charge in [-0.05, 0) is 43.3 Å². The Hall–Kier alpha value is -3.39. The first-order valence-corrected chi connectivity index (χ1v) is 9.88. The second-order valence-corrected chi connectivity index (χ2v) is 7.72. The van der Waals surface area contributed by atoms with Crippen molar-refractivity contribution in [3.63, 3.8) is 0 Å². The van der Waals surface area contributed by atoms with Gasteiger partial charge in [-0.15, -0.1) is 0 Å². The van der Waals surface area contributed by atoms with Crippen LogP contribution < -0.4 is 15.4 Å². The van der Waals surface area contributed by atoms with Crippen LogP contribution in [0.4, 0.5) is 5.13 Å². The lowest BCUT2D eigenvalue weighted by molar-refractivity contribution is -0.117. The molecule has 0 radical (unpaired) electrons. The number of hydrogen-bond donors (Lipinski definition) is 2. The van der Waals surface area contributed by atoms with E-state index in [1.165, 1.54) is 11.3 Å². The third-order valence-electron chi connectivity index (χ3n) is 4.75. The number of ether oxygens (including phenoxy) is 1. The summed E-state index contributed by atoms with van der Waals surface area (Å²) in [7, 11) is 3.42. The Bertz CT molecular complexity index is 1190. The summed E-state index contributed by atoms with van der Waals surface area (Å²) in [4.78, 5) is 29.6. The maximum atomic E-state index is 12.7. The third-order valence-corrected chi connectivity index (χ3v) is 5.70. The molecular weight excluding hydrogens is 388 g/mol. The summed E-state index contributed by atoms with van der Waals surface area (Å²) in [5.74, 6) is 0.0751. The van der Waals surface area contributed by atoms with Crippen LogP contribution >= 0.6 is 11.3 Å². The molecule has 2 aromatic carbocycles. The fraction of sp³-hybridized carbons (Fsp3) is 0.190. The van der Waals surface area contributed by atoms with Crippen LogP contribution in [0.1, 0.15) is 17.4 Å². The second-order valence-electron chi connectivity index (χ2n) is 6.68. The fourth-order valence-corrected chi connectivity index (χ4v) is 4.02. The van der Waals surface area contributed by atoms with Crippen molar-refractivity contribution < 1.29 is 14.3 Å². The molecule has 0 aliphatic rings. The first kappa shape index (κ1) is 18.9. The van der Waals surface area contributed by atoms with Crippen LogP contribution in [0.2, 0.25) is 0 Å². The van der Waals surface area contributed by atoms with Gasteiger partial charge in [0.25, 0.3) is 5.91 Å². The highest BCUT2D eigenvalue weighted by Crippen LogP contribution is 2.26. The third kappa shape index (κ3) is 3.66. The zero-order chi connectivity index (χ0) is 20.5. The van der Waals surface area contributed by atoms with Gasteiger partial charge in [0.1, 0.15) is 17.5 Å². The number of amides is 2. The van der Waals surface area contributed by atoms with Gasteiger partial charge in [0.15, 0.2) is 5.13 Å². The highest BCUT2D eigenvalue weighted by molar-refractivity contribution is 7.22. The van der Waals surface area contributed by atoms with Gasteiger partial charge in [0, 0.05) is 18.0 Å². The van der Waals surface area contributed by atoms with Crippen LogP contribution in [0, 0.1) is 0 Å². The Morgan fingerprint density at radius 1 is 1.17 bits per heavy atom. The minimum absolute atomic E-state index is 0.321. The van der Waals surface area contributed by atoms with Gasteiger partial charge in [-0.2, -0.15) is 0 Å². The number of benzene rings is 2. The maximum absolute atomic E-state index is 12.7. The van der Waals surface area contributed by atoms with Gasteiger partial charge >= 0.3 is 0 Å². The molecule has 2 aromatic heterocycles. The number of thiazole rings is 1. The predicted octanol–water partition coefficient (Wildman–Crippen LogP) is 3.55. The maximum Gasteiger partial charge on any atom is 0.268 e. The van der Waals surface area contributed by atoms with Gasteiger partial charge in [0.2, 0.25) is 5.91 Å². The summed E-state index contributed by atoms with van der Waals surface area (Å²) in [6, 6.07) is 14.3. The van der Waals surface area contributed by atoms with Gasteiger partial charge in [-0.3, -0.25) is 9.59 Å². The van der Waals surface area contributed by atoms with Crippen LogP contribution in [0.3, 0.4) is 0 Å². The number of rotatable bonds is 5. The van der Waals surface area contributed by atoms with Crippen LogP contribution in [0.15, 0.2) is 48.5 Å². The molecule has 0 aliphatic carbocycles. The molecule has 7 nitrogen and oxygen atoms in total. The van der Waals surface area contributed by atoms with E-state index in [4.69, 9.17) is 4.74 Å². The smallest absolute Gasteiger partial charge is 0.268 e. The SMILES string of the molecule is COc1ccc2c(c1)cc(C(=O)NC(C)C(=O)Nc1nc3ccccc3s1)n2C. The summed E-state index contributed by atoms with van der Waals surface area (Å²) in [6.07, 6.45) is 0. The van der Waals surface area contributed by atoms with Crippen molar-refractivity contribution in [3.8, 4) is 5.75 Å². The van der Waals surface area contributed by atoms with Crippen LogP contribution in [0.25, 0.3) is 21.1 Å². The Labute approximate surface area is 171 Å². The molecule has 0 fully saturated rings. The summed E-state index contributed by atoms with van der Waals surface area (Å²) in [6.45, 7) is 1.65. The van der Waals surface area contributed by atoms with Gasteiger partial charge in [-0.25, -0.2) is 4.98 Å². The molecule has 4 aromatic rings. The highest BCUT2D eigenvalue weighted by atomic mass is 32.1. The molecule has 4 rings (SSSR count). The standard InChI is InChI=1S/C21H20N4O3S/c1-12(19(26)24-21-23-15-6-4-5-7-18(15)29-21)22-20(27)17-11-13-10-14(28-3)8-9-16(13)25(17)2/h4-12H,1-3H3,(H,22,27)(H,23,24,26). The first-order valence-electron chi connectivity index (χ1n) is 9.07. The van der Waals surface area contributed by atoms with E-state index >= 15 is 0 Å². The van der Waals surface area contributed by atoms with Gasteiger partial charge in [-0.1, -0.05) is 23.5 Å². The molecule has 29 heavy (non-hydrogen) atoms. The van der Waals surface area contributed by atoms with Crippen LogP contribution in [0.5, 0.6) is 5.75 Å². The lowest BCUT2D eigenvalue weighted by Gasteiger charge is -2.13. The van der Waals surface area contributed by atoms with E-state index in [1.807, 2.05) is 49.5 Å². The molecule has 1 unspecified atom stereocenters. The normalized spacial score (nSPS) is 12.1. The monoisotopic (exact) mass is 408 g/mol. The number of anilines is 1. The van der Waals surface area contributed by atoms with E-state index in [9.17, 15) is 9.59 Å². The Balaban J connectivity index is 1.48. The Morgan fingerprint density at radius 3 is 2.72 bits per heavy atom. The van der Waals surface area contributed by atoms with Crippen LogP contribution in [-0.2, 0) is 11.8 Å². The minimum atomic E-state index is -0.720. The lowest BCUT2D eigenvalue weighted by Crippen LogP contribution is -2.42. The molecule has 0 saturated heterocycles. The summed E-state index contributed by atoms with van der Waals surface area (Å²) < 4.78 is 8.02. The first-order chi connectivity index (χ1) is 14.0. The largest absolute Gasteiger partial charge is 0.497 e. The summed E-state index contributed by atoms with van der Waals surface area (Å²) >= 11 is 1.40. The number of methoxy groups -OCH3 is 1. The molecule has 0 bridgehead atoms. The number of carbonyl (C=O) groups excluding carboxylic acids is 2. The van der Waals surface area contributed by atoms with Gasteiger partial charge < -0.3 is 19.9 Å². The molecule has 148 valence electrons. The number of nitrogens with one attached hydrogen (secondary N) is 2. The van der Waals surface area contributed by atoms with E-state index in [2.05, 4.69) is 15.6 Å². The summed E-state index contributed by atoms with van der Waals surface area (Å²) in [5.41, 5.74) is 2.20. The van der Waals surface area contributed by atoms with Crippen molar-refractivity contribution in [1.29, 1.82) is 0 Å². The van der Waals surface area contributed by atoms with Crippen molar-refractivity contribution in [3.05, 3.63) is 54.2 Å². The fourth-order valence-electron chi connectivity index (χ4n) is 3.15. The average molecular weight is 408 g/mol. The molecule has 2 N–H and O–H groups in total. The van der Waals surface area contributed by atoms with Crippen LogP contribution in [-0.4, -0.2) is 34.5 Å². The van der Waals surface area contributed by atoms with Crippen molar-refractivity contribution >= 4 is 49.4 Å². The topological polar surface area (TPSA) is 85.2 Å². The molecule has 0 spiro atoms. The molecule has 2 heterocycles. The number of fused-ring (bicyclic) bond motifs is 2. The van der Waals surface area contributed by atoms with Crippen molar-refractivity contribution in [2.45, 2.75) is 13.0 Å². The zero-order valence-corrected chi connectivity index (χ0v) is 17.0. The molecule has 2 amide bonds. The van der Waals surface area contributed by atoms with Crippen molar-refractivity contribution in [1.82, 2.24) is 14.9 Å². The number of aromatic nitrogens is 2. The Morgan fingerprint density at radius 2 is 1.97 bits per heavy atom. The molecule has 0 aliphatic heterocycles. The molecule has 1 atom stereocenters. The summed E-state index contributed by atoms with van der Waals surface area (Å²) in [5, 5.41) is 6.93. The Kier molecular flexibility index (Phi) is 4.94. The number of para-hydroxylation sites is 1. The molecule has 8 heteroatoms. The second kappa shape index (κ2) is 7.56. The number of aryl methyl sites for hydroxylation is 1. The molecule has 0 saturated carbocycles. The van der Waals surface area contributed by atoms with Crippen molar-refractivity contribution in [2.24, 2.45) is 7.05 Å². The van der Waals surface area contributed by atoms with E-state index in [0.29, 0.717) is 10.8 Å². The quantitative estimate of drug-likeness (QED) is 0.529. The van der Waals surface area contributed by atoms with E-state index in [-0.39, 0.29) is 11.8 Å². The van der Waals surface area contributed by atoms with E-state index in [1.54, 1.807) is 24.7 Å². The zero-order valence-electron chi connectivity index (χ0n) is 16.2. The molecular formula is C21H20N4O3S.